The second-order valence-electron chi connectivity index (χ2n) is 6.67. The third-order valence-electron chi connectivity index (χ3n) is 3.56. The standard InChI is InChI=1S/C21H21NO2/c1-15(23)20(24)22-19-13-9-17(10-14-19)6-5-16-7-11-18(12-8-16)21(2,3)4/h7-14H,1-4H3,(H,22,24). The number of hydrogen-bond donors (Lipinski definition) is 1. The average Bonchev–Trinajstić information content (AvgIpc) is 2.53. The van der Waals surface area contributed by atoms with Gasteiger partial charge < -0.3 is 5.32 Å². The Hall–Kier alpha value is -2.86. The summed E-state index contributed by atoms with van der Waals surface area (Å²) in [5.74, 6) is 5.09. The van der Waals surface area contributed by atoms with Gasteiger partial charge in [-0.3, -0.25) is 9.59 Å². The van der Waals surface area contributed by atoms with Crippen molar-refractivity contribution in [2.24, 2.45) is 0 Å². The third-order valence-corrected chi connectivity index (χ3v) is 3.56. The van der Waals surface area contributed by atoms with E-state index in [1.54, 1.807) is 12.1 Å². The van der Waals surface area contributed by atoms with Gasteiger partial charge in [0.05, 0.1) is 0 Å². The number of hydrogen-bond acceptors (Lipinski definition) is 2. The van der Waals surface area contributed by atoms with Gasteiger partial charge in [-0.1, -0.05) is 44.7 Å². The van der Waals surface area contributed by atoms with Crippen LogP contribution in [0, 0.1) is 11.8 Å². The Kier molecular flexibility index (Phi) is 5.21. The summed E-state index contributed by atoms with van der Waals surface area (Å²) in [6, 6.07) is 15.3. The van der Waals surface area contributed by atoms with Crippen LogP contribution in [0.3, 0.4) is 0 Å². The van der Waals surface area contributed by atoms with E-state index < -0.39 is 11.7 Å². The summed E-state index contributed by atoms with van der Waals surface area (Å²) in [4.78, 5) is 22.2. The molecule has 0 saturated heterocycles. The van der Waals surface area contributed by atoms with Gasteiger partial charge in [0.15, 0.2) is 0 Å². The summed E-state index contributed by atoms with van der Waals surface area (Å²) in [7, 11) is 0. The minimum atomic E-state index is -0.618. The Morgan fingerprint density at radius 2 is 1.29 bits per heavy atom. The molecule has 0 saturated carbocycles. The maximum Gasteiger partial charge on any atom is 0.291 e. The highest BCUT2D eigenvalue weighted by molar-refractivity contribution is 6.39. The maximum absolute atomic E-state index is 11.3. The van der Waals surface area contributed by atoms with Crippen molar-refractivity contribution in [3.05, 3.63) is 65.2 Å². The topological polar surface area (TPSA) is 46.2 Å². The lowest BCUT2D eigenvalue weighted by molar-refractivity contribution is -0.133. The molecule has 1 N–H and O–H groups in total. The van der Waals surface area contributed by atoms with Crippen LogP contribution in [0.4, 0.5) is 5.69 Å². The van der Waals surface area contributed by atoms with E-state index in [0.29, 0.717) is 5.69 Å². The zero-order valence-electron chi connectivity index (χ0n) is 14.4. The molecule has 0 fully saturated rings. The molecule has 3 heteroatoms. The largest absolute Gasteiger partial charge is 0.319 e. The fourth-order valence-electron chi connectivity index (χ4n) is 2.05. The number of benzene rings is 2. The molecule has 0 radical (unpaired) electrons. The van der Waals surface area contributed by atoms with Gasteiger partial charge in [0.2, 0.25) is 5.78 Å². The maximum atomic E-state index is 11.3. The molecular weight excluding hydrogens is 298 g/mol. The van der Waals surface area contributed by atoms with Gasteiger partial charge in [-0.2, -0.15) is 0 Å². The number of rotatable bonds is 2. The molecule has 2 aromatic rings. The molecule has 0 heterocycles. The van der Waals surface area contributed by atoms with Crippen LogP contribution in [0.15, 0.2) is 48.5 Å². The summed E-state index contributed by atoms with van der Waals surface area (Å²) in [5, 5.41) is 2.53. The van der Waals surface area contributed by atoms with Crippen molar-refractivity contribution in [1.29, 1.82) is 0 Å². The summed E-state index contributed by atoms with van der Waals surface area (Å²) < 4.78 is 0. The number of anilines is 1. The van der Waals surface area contributed by atoms with Crippen LogP contribution >= 0.6 is 0 Å². The Morgan fingerprint density at radius 3 is 1.71 bits per heavy atom. The first kappa shape index (κ1) is 17.5. The predicted molar refractivity (Wildman–Crippen MR) is 96.9 cm³/mol. The Morgan fingerprint density at radius 1 is 0.833 bits per heavy atom. The van der Waals surface area contributed by atoms with E-state index in [1.807, 2.05) is 24.3 Å². The first-order valence-electron chi connectivity index (χ1n) is 7.80. The van der Waals surface area contributed by atoms with Crippen LogP contribution in [0.2, 0.25) is 0 Å². The fraction of sp³-hybridized carbons (Fsp3) is 0.238. The van der Waals surface area contributed by atoms with Crippen LogP contribution in [-0.2, 0) is 15.0 Å². The molecule has 0 aliphatic carbocycles. The van der Waals surface area contributed by atoms with E-state index in [0.717, 1.165) is 11.1 Å². The van der Waals surface area contributed by atoms with Crippen molar-refractivity contribution < 1.29 is 9.59 Å². The SMILES string of the molecule is CC(=O)C(=O)Nc1ccc(C#Cc2ccc(C(C)(C)C)cc2)cc1. The van der Waals surface area contributed by atoms with E-state index in [9.17, 15) is 9.59 Å². The van der Waals surface area contributed by atoms with Crippen molar-refractivity contribution in [2.75, 3.05) is 5.32 Å². The minimum Gasteiger partial charge on any atom is -0.319 e. The summed E-state index contributed by atoms with van der Waals surface area (Å²) in [6.07, 6.45) is 0. The zero-order chi connectivity index (χ0) is 17.7. The number of ketones is 1. The van der Waals surface area contributed by atoms with Crippen molar-refractivity contribution in [3.63, 3.8) is 0 Å². The summed E-state index contributed by atoms with van der Waals surface area (Å²) >= 11 is 0. The molecule has 1 amide bonds. The van der Waals surface area contributed by atoms with E-state index in [-0.39, 0.29) is 5.41 Å². The van der Waals surface area contributed by atoms with E-state index in [2.05, 4.69) is 50.1 Å². The molecule has 0 unspecified atom stereocenters. The molecule has 122 valence electrons. The fourth-order valence-corrected chi connectivity index (χ4v) is 2.05. The van der Waals surface area contributed by atoms with Gasteiger partial charge >= 0.3 is 0 Å². The molecule has 2 rings (SSSR count). The number of carbonyl (C=O) groups is 2. The minimum absolute atomic E-state index is 0.131. The molecule has 3 nitrogen and oxygen atoms in total. The normalized spacial score (nSPS) is 10.5. The molecule has 24 heavy (non-hydrogen) atoms. The Balaban J connectivity index is 2.08. The average molecular weight is 319 g/mol. The van der Waals surface area contributed by atoms with Crippen LogP contribution < -0.4 is 5.32 Å². The first-order valence-corrected chi connectivity index (χ1v) is 7.80. The van der Waals surface area contributed by atoms with Crippen LogP contribution in [-0.4, -0.2) is 11.7 Å². The summed E-state index contributed by atoms with van der Waals surface area (Å²) in [6.45, 7) is 7.78. The molecule has 2 aromatic carbocycles. The van der Waals surface area contributed by atoms with Gasteiger partial charge in [0, 0.05) is 23.7 Å². The Labute approximate surface area is 143 Å². The van der Waals surface area contributed by atoms with Gasteiger partial charge in [-0.05, 0) is 47.4 Å². The first-order chi connectivity index (χ1) is 11.3. The number of nitrogens with one attached hydrogen (secondary N) is 1. The van der Waals surface area contributed by atoms with E-state index in [1.165, 1.54) is 12.5 Å². The van der Waals surface area contributed by atoms with Crippen molar-refractivity contribution in [2.45, 2.75) is 33.1 Å². The molecule has 0 spiro atoms. The lowest BCUT2D eigenvalue weighted by atomic mass is 9.87. The van der Waals surface area contributed by atoms with Crippen LogP contribution in [0.5, 0.6) is 0 Å². The smallest absolute Gasteiger partial charge is 0.291 e. The Bertz CT molecular complexity index is 798. The van der Waals surface area contributed by atoms with Crippen LogP contribution in [0.25, 0.3) is 0 Å². The van der Waals surface area contributed by atoms with Gasteiger partial charge in [-0.25, -0.2) is 0 Å². The quantitative estimate of drug-likeness (QED) is 0.674. The van der Waals surface area contributed by atoms with E-state index >= 15 is 0 Å². The number of amides is 1. The number of carbonyl (C=O) groups excluding carboxylic acids is 2. The van der Waals surface area contributed by atoms with E-state index in [4.69, 9.17) is 0 Å². The number of Topliss-reactive ketones (excluding diaryl/α,β-unsaturated/α-hetero) is 1. The van der Waals surface area contributed by atoms with Gasteiger partial charge in [0.25, 0.3) is 5.91 Å². The molecule has 0 bridgehead atoms. The highest BCUT2D eigenvalue weighted by Crippen LogP contribution is 2.21. The zero-order valence-corrected chi connectivity index (χ0v) is 14.4. The van der Waals surface area contributed by atoms with Crippen molar-refractivity contribution in [1.82, 2.24) is 0 Å². The molecule has 0 aliphatic rings. The highest BCUT2D eigenvalue weighted by Gasteiger charge is 2.12. The molecule has 0 aromatic heterocycles. The lowest BCUT2D eigenvalue weighted by Crippen LogP contribution is -2.19. The predicted octanol–water partition coefficient (Wildman–Crippen LogP) is 3.91. The molecular formula is C21H21NO2. The van der Waals surface area contributed by atoms with Crippen LogP contribution in [0.1, 0.15) is 44.4 Å². The second kappa shape index (κ2) is 7.14. The van der Waals surface area contributed by atoms with Crippen molar-refractivity contribution in [3.8, 4) is 11.8 Å². The van der Waals surface area contributed by atoms with Gasteiger partial charge in [-0.15, -0.1) is 0 Å². The highest BCUT2D eigenvalue weighted by atomic mass is 16.2. The van der Waals surface area contributed by atoms with Gasteiger partial charge in [0.1, 0.15) is 0 Å². The summed E-state index contributed by atoms with van der Waals surface area (Å²) in [5.41, 5.74) is 3.79. The molecule has 0 aliphatic heterocycles. The molecule has 0 atom stereocenters. The monoisotopic (exact) mass is 319 g/mol. The lowest BCUT2D eigenvalue weighted by Gasteiger charge is -2.18. The third kappa shape index (κ3) is 4.82. The second-order valence-corrected chi connectivity index (χ2v) is 6.67. The van der Waals surface area contributed by atoms with Crippen molar-refractivity contribution >= 4 is 17.4 Å².